The molecule has 0 amide bonds. The number of hydrogen-bond acceptors (Lipinski definition) is 8. The molecule has 222 valence electrons. The summed E-state index contributed by atoms with van der Waals surface area (Å²) < 4.78 is 25.1. The van der Waals surface area contributed by atoms with Crippen molar-refractivity contribution in [1.29, 1.82) is 0 Å². The Balaban J connectivity index is 1.24. The Morgan fingerprint density at radius 3 is 2.73 bits per heavy atom. The van der Waals surface area contributed by atoms with Crippen LogP contribution in [0.3, 0.4) is 0 Å². The number of nitrogens with zero attached hydrogens (tertiary/aromatic N) is 1. The molecular weight excluding hydrogens is 541 g/mol. The Bertz CT molecular complexity index is 1380. The molecule has 2 N–H and O–H groups in total. The second-order valence-corrected chi connectivity index (χ2v) is 16.6. The first-order valence-corrected chi connectivity index (χ1v) is 17.3. The molecule has 8 nitrogen and oxygen atoms in total. The van der Waals surface area contributed by atoms with Gasteiger partial charge in [0.25, 0.3) is 0 Å². The molecule has 0 aromatic heterocycles. The summed E-state index contributed by atoms with van der Waals surface area (Å²) in [5, 5.41) is 26.9. The quantitative estimate of drug-likeness (QED) is 0.381. The topological polar surface area (TPSA) is 115 Å². The van der Waals surface area contributed by atoms with Crippen LogP contribution in [-0.2, 0) is 30.3 Å². The van der Waals surface area contributed by atoms with E-state index in [0.717, 1.165) is 29.4 Å². The van der Waals surface area contributed by atoms with Gasteiger partial charge in [-0.05, 0) is 69.9 Å². The van der Waals surface area contributed by atoms with E-state index in [-0.39, 0.29) is 35.6 Å². The fourth-order valence-electron chi connectivity index (χ4n) is 9.26. The molecule has 0 bridgehead atoms. The fraction of sp³-hybridized carbons (Fsp3) is 0.625. The van der Waals surface area contributed by atoms with Crippen molar-refractivity contribution in [3.05, 3.63) is 53.6 Å². The van der Waals surface area contributed by atoms with Gasteiger partial charge in [0, 0.05) is 27.6 Å². The number of benzene rings is 1. The highest BCUT2D eigenvalue weighted by Gasteiger charge is 2.75. The van der Waals surface area contributed by atoms with Gasteiger partial charge in [0.2, 0.25) is 0 Å². The van der Waals surface area contributed by atoms with E-state index in [9.17, 15) is 19.6 Å². The minimum Gasteiger partial charge on any atom is -0.393 e. The molecule has 1 aromatic carbocycles. The molecule has 4 fully saturated rings. The molecule has 1 aromatic rings. The zero-order valence-corrected chi connectivity index (χ0v) is 25.5. The van der Waals surface area contributed by atoms with Crippen molar-refractivity contribution in [2.75, 3.05) is 19.9 Å². The summed E-state index contributed by atoms with van der Waals surface area (Å²) in [5.41, 5.74) is 0.606. The number of ketones is 1. The van der Waals surface area contributed by atoms with E-state index in [2.05, 4.69) is 31.2 Å². The summed E-state index contributed by atoms with van der Waals surface area (Å²) in [6.45, 7) is 9.21. The molecule has 9 heteroatoms. The Morgan fingerprint density at radius 1 is 1.24 bits per heavy atom. The molecule has 0 spiro atoms. The second kappa shape index (κ2) is 9.99. The van der Waals surface area contributed by atoms with E-state index in [1.165, 1.54) is 5.57 Å². The number of hydrogen-bond donors (Lipinski definition) is 2. The largest absolute Gasteiger partial charge is 0.393 e. The maximum atomic E-state index is 13.3. The predicted molar refractivity (Wildman–Crippen MR) is 156 cm³/mol. The third-order valence-electron chi connectivity index (χ3n) is 10.9. The number of oxime groups is 1. The van der Waals surface area contributed by atoms with E-state index < -0.39 is 43.3 Å². The molecule has 1 saturated heterocycles. The summed E-state index contributed by atoms with van der Waals surface area (Å²) in [6.07, 6.45) is 7.45. The number of aliphatic hydroxyl groups is 2. The van der Waals surface area contributed by atoms with Crippen molar-refractivity contribution < 1.29 is 33.9 Å². The molecule has 1 heterocycles. The smallest absolute Gasteiger partial charge is 0.193 e. The minimum atomic E-state index is -2.44. The van der Waals surface area contributed by atoms with Gasteiger partial charge in [0.05, 0.1) is 12.2 Å². The van der Waals surface area contributed by atoms with Crippen LogP contribution in [-0.4, -0.2) is 65.7 Å². The van der Waals surface area contributed by atoms with Crippen molar-refractivity contribution in [3.63, 3.8) is 0 Å². The Hall–Kier alpha value is -2.09. The van der Waals surface area contributed by atoms with E-state index in [4.69, 9.17) is 14.3 Å². The number of fused-ring (bicyclic) bond motifs is 7. The highest BCUT2D eigenvalue weighted by molar-refractivity contribution is 7.70. The molecule has 1 unspecified atom stereocenters. The lowest BCUT2D eigenvalue weighted by Gasteiger charge is -2.59. The number of allylic oxidation sites excluding steroid dienone is 4. The predicted octanol–water partition coefficient (Wildman–Crippen LogP) is 4.19. The average molecular weight is 584 g/mol. The summed E-state index contributed by atoms with van der Waals surface area (Å²) in [5.74, 6) is -0.0573. The molecule has 41 heavy (non-hydrogen) atoms. The van der Waals surface area contributed by atoms with Crippen molar-refractivity contribution >= 4 is 23.9 Å². The number of carbonyl (C=O) groups is 1. The van der Waals surface area contributed by atoms with Crippen LogP contribution in [0.25, 0.3) is 0 Å². The van der Waals surface area contributed by atoms with Crippen LogP contribution in [0.1, 0.15) is 52.0 Å². The van der Waals surface area contributed by atoms with Gasteiger partial charge in [-0.15, -0.1) is 0 Å². The molecule has 6 rings (SSSR count). The fourth-order valence-corrected chi connectivity index (χ4v) is 10.5. The van der Waals surface area contributed by atoms with Crippen LogP contribution in [0.4, 0.5) is 0 Å². The van der Waals surface area contributed by atoms with Crippen molar-refractivity contribution in [3.8, 4) is 0 Å². The molecule has 9 atom stereocenters. The van der Waals surface area contributed by atoms with Crippen LogP contribution in [0.15, 0.2) is 53.2 Å². The van der Waals surface area contributed by atoms with Gasteiger partial charge >= 0.3 is 0 Å². The molecule has 3 saturated carbocycles. The number of ether oxygens (including phenoxy) is 2. The first-order valence-electron chi connectivity index (χ1n) is 14.7. The highest BCUT2D eigenvalue weighted by Crippen LogP contribution is 2.69. The van der Waals surface area contributed by atoms with Gasteiger partial charge in [-0.1, -0.05) is 54.9 Å². The Labute approximate surface area is 242 Å². The minimum absolute atomic E-state index is 0.0213. The standard InChI is InChI=1S/C32H42NO7P/c1-19-39-28-15-24-23-11-10-21-14-22(33-38-18-20-8-6-7-9-26(20)41(4,5)37)12-13-30(21,2)29(23)25(35)16-31(24,3)32(28,40-19)27(36)17-34/h6-9,12-14,19,23-25,28-29,34-35H,10-11,15-18H2,1-5H3/b33-22-/t19?,23-,24-,25-,28+,29+,30-,31-,32+/m0/s1. The van der Waals surface area contributed by atoms with E-state index in [1.54, 1.807) is 20.3 Å². The number of aliphatic hydroxyl groups excluding tert-OH is 2. The Kier molecular flexibility index (Phi) is 7.07. The lowest BCUT2D eigenvalue weighted by atomic mass is 9.46. The zero-order chi connectivity index (χ0) is 29.4. The summed E-state index contributed by atoms with van der Waals surface area (Å²) in [7, 11) is -2.44. The van der Waals surface area contributed by atoms with Crippen LogP contribution in [0.5, 0.6) is 0 Å². The van der Waals surface area contributed by atoms with Gasteiger partial charge in [0.1, 0.15) is 26.1 Å². The van der Waals surface area contributed by atoms with Crippen molar-refractivity contribution in [1.82, 2.24) is 0 Å². The first-order chi connectivity index (χ1) is 19.3. The molecule has 4 aliphatic carbocycles. The summed E-state index contributed by atoms with van der Waals surface area (Å²) >= 11 is 0. The summed E-state index contributed by atoms with van der Waals surface area (Å²) in [6, 6.07) is 7.61. The van der Waals surface area contributed by atoms with Gasteiger partial charge in [-0.25, -0.2) is 0 Å². The number of rotatable bonds is 6. The lowest BCUT2D eigenvalue weighted by Crippen LogP contribution is -2.63. The van der Waals surface area contributed by atoms with Gasteiger partial charge in [-0.3, -0.25) is 4.79 Å². The average Bonchev–Trinajstić information content (AvgIpc) is 3.38. The maximum Gasteiger partial charge on any atom is 0.193 e. The maximum absolute atomic E-state index is 13.3. The van der Waals surface area contributed by atoms with Crippen LogP contribution < -0.4 is 5.30 Å². The molecule has 5 aliphatic rings. The van der Waals surface area contributed by atoms with Crippen molar-refractivity contribution in [2.24, 2.45) is 33.7 Å². The van der Waals surface area contributed by atoms with Crippen LogP contribution >= 0.6 is 7.14 Å². The molecule has 0 radical (unpaired) electrons. The molecule has 1 aliphatic heterocycles. The SMILES string of the molecule is CC1O[C@@H]2C[C@H]3[C@@H]4CCC5=C/C(=N\OCc6ccccc6P(C)(C)=O)C=C[C@]5(C)[C@H]4[C@@H](O)C[C@]3(C)[C@]2(C(=O)CO)O1. The van der Waals surface area contributed by atoms with Crippen LogP contribution in [0.2, 0.25) is 0 Å². The molecular formula is C32H42NO7P. The monoisotopic (exact) mass is 583 g/mol. The first kappa shape index (κ1) is 29.0. The highest BCUT2D eigenvalue weighted by atomic mass is 31.2. The third-order valence-corrected chi connectivity index (χ3v) is 12.5. The van der Waals surface area contributed by atoms with Gasteiger partial charge in [0.15, 0.2) is 17.7 Å². The van der Waals surface area contributed by atoms with E-state index >= 15 is 0 Å². The van der Waals surface area contributed by atoms with Gasteiger partial charge in [-0.2, -0.15) is 0 Å². The van der Waals surface area contributed by atoms with Gasteiger partial charge < -0.3 is 29.1 Å². The lowest BCUT2D eigenvalue weighted by molar-refractivity contribution is -0.196. The zero-order valence-electron chi connectivity index (χ0n) is 24.6. The second-order valence-electron chi connectivity index (χ2n) is 13.4. The van der Waals surface area contributed by atoms with Crippen molar-refractivity contribution in [2.45, 2.75) is 77.2 Å². The number of carbonyl (C=O) groups excluding carboxylic acids is 1. The normalized spacial score (nSPS) is 42.2. The summed E-state index contributed by atoms with van der Waals surface area (Å²) in [4.78, 5) is 19.0. The number of Topliss-reactive ketones (excluding diaryl/α,β-unsaturated/α-hetero) is 1. The van der Waals surface area contributed by atoms with E-state index in [1.807, 2.05) is 30.3 Å². The third kappa shape index (κ3) is 4.28. The van der Waals surface area contributed by atoms with Crippen LogP contribution in [0, 0.1) is 28.6 Å². The van der Waals surface area contributed by atoms with E-state index in [0.29, 0.717) is 12.8 Å². The Morgan fingerprint density at radius 2 is 2.00 bits per heavy atom.